The van der Waals surface area contributed by atoms with Gasteiger partial charge in [-0.05, 0) is 34.2 Å². The lowest BCUT2D eigenvalue weighted by molar-refractivity contribution is 0.533. The number of hydrogen-bond donors (Lipinski definition) is 1. The van der Waals surface area contributed by atoms with Crippen LogP contribution in [0, 0.1) is 11.8 Å². The Labute approximate surface area is 121 Å². The van der Waals surface area contributed by atoms with E-state index in [9.17, 15) is 4.79 Å². The largest absolute Gasteiger partial charge is 0.368 e. The minimum atomic E-state index is -0.0189. The minimum absolute atomic E-state index is 0.0189. The SMILES string of the molecule is CCCn1ncc(N2C[C@H]3CNC[C@H]3C2)c(Br)c1=O. The second kappa shape index (κ2) is 5.25. The first kappa shape index (κ1) is 13.1. The maximum atomic E-state index is 12.2. The Bertz CT molecular complexity index is 518. The van der Waals surface area contributed by atoms with Crippen molar-refractivity contribution in [1.82, 2.24) is 15.1 Å². The summed E-state index contributed by atoms with van der Waals surface area (Å²) in [5.74, 6) is 1.43. The van der Waals surface area contributed by atoms with E-state index in [0.717, 1.165) is 38.3 Å². The topological polar surface area (TPSA) is 50.2 Å². The Hall–Kier alpha value is -0.880. The summed E-state index contributed by atoms with van der Waals surface area (Å²) < 4.78 is 2.19. The molecule has 0 saturated carbocycles. The van der Waals surface area contributed by atoms with Gasteiger partial charge in [0.25, 0.3) is 5.56 Å². The van der Waals surface area contributed by atoms with Gasteiger partial charge in [-0.15, -0.1) is 0 Å². The van der Waals surface area contributed by atoms with E-state index in [1.165, 1.54) is 4.68 Å². The molecule has 0 aromatic carbocycles. The molecule has 0 bridgehead atoms. The summed E-state index contributed by atoms with van der Waals surface area (Å²) in [4.78, 5) is 14.5. The van der Waals surface area contributed by atoms with Crippen molar-refractivity contribution in [3.63, 3.8) is 0 Å². The Balaban J connectivity index is 1.86. The van der Waals surface area contributed by atoms with E-state index in [1.54, 1.807) is 0 Å². The predicted octanol–water partition coefficient (Wildman–Crippen LogP) is 1.07. The van der Waals surface area contributed by atoms with Crippen molar-refractivity contribution in [2.75, 3.05) is 31.1 Å². The minimum Gasteiger partial charge on any atom is -0.368 e. The Morgan fingerprint density at radius 1 is 1.42 bits per heavy atom. The van der Waals surface area contributed by atoms with E-state index in [1.807, 2.05) is 13.1 Å². The van der Waals surface area contributed by atoms with Crippen molar-refractivity contribution < 1.29 is 0 Å². The third kappa shape index (κ3) is 2.31. The fourth-order valence-electron chi connectivity index (χ4n) is 3.10. The van der Waals surface area contributed by atoms with Crippen molar-refractivity contribution in [3.8, 4) is 0 Å². The Morgan fingerprint density at radius 2 is 2.11 bits per heavy atom. The van der Waals surface area contributed by atoms with Crippen LogP contribution in [-0.4, -0.2) is 36.0 Å². The molecule has 104 valence electrons. The fourth-order valence-corrected chi connectivity index (χ4v) is 3.66. The molecule has 2 aliphatic rings. The van der Waals surface area contributed by atoms with E-state index >= 15 is 0 Å². The Morgan fingerprint density at radius 3 is 2.74 bits per heavy atom. The summed E-state index contributed by atoms with van der Waals surface area (Å²) in [7, 11) is 0. The summed E-state index contributed by atoms with van der Waals surface area (Å²) in [5.41, 5.74) is 0.932. The van der Waals surface area contributed by atoms with Crippen LogP contribution in [0.25, 0.3) is 0 Å². The van der Waals surface area contributed by atoms with Gasteiger partial charge in [0, 0.05) is 32.7 Å². The summed E-state index contributed by atoms with van der Waals surface area (Å²) in [6.45, 7) is 6.96. The number of nitrogens with one attached hydrogen (secondary N) is 1. The number of fused-ring (bicyclic) bond motifs is 1. The molecule has 2 atom stereocenters. The number of nitrogens with zero attached hydrogens (tertiary/aromatic N) is 3. The monoisotopic (exact) mass is 326 g/mol. The second-order valence-corrected chi connectivity index (χ2v) is 6.25. The highest BCUT2D eigenvalue weighted by Gasteiger charge is 2.37. The number of aryl methyl sites for hydroxylation is 1. The van der Waals surface area contributed by atoms with Gasteiger partial charge in [-0.3, -0.25) is 4.79 Å². The van der Waals surface area contributed by atoms with Gasteiger partial charge in [0.15, 0.2) is 0 Å². The molecule has 3 rings (SSSR count). The quantitative estimate of drug-likeness (QED) is 0.902. The number of aromatic nitrogens is 2. The van der Waals surface area contributed by atoms with Gasteiger partial charge in [-0.25, -0.2) is 4.68 Å². The number of anilines is 1. The van der Waals surface area contributed by atoms with Gasteiger partial charge in [0.2, 0.25) is 0 Å². The van der Waals surface area contributed by atoms with Gasteiger partial charge in [-0.2, -0.15) is 5.10 Å². The first-order chi connectivity index (χ1) is 9.20. The lowest BCUT2D eigenvalue weighted by atomic mass is 10.0. The van der Waals surface area contributed by atoms with Crippen LogP contribution in [0.1, 0.15) is 13.3 Å². The molecule has 19 heavy (non-hydrogen) atoms. The zero-order valence-electron chi connectivity index (χ0n) is 11.1. The van der Waals surface area contributed by atoms with Crippen molar-refractivity contribution in [1.29, 1.82) is 0 Å². The van der Waals surface area contributed by atoms with E-state index in [2.05, 4.69) is 31.2 Å². The molecule has 6 heteroatoms. The fraction of sp³-hybridized carbons (Fsp3) is 0.692. The molecule has 0 radical (unpaired) electrons. The molecular weight excluding hydrogens is 308 g/mol. The highest BCUT2D eigenvalue weighted by molar-refractivity contribution is 9.10. The van der Waals surface area contributed by atoms with E-state index in [4.69, 9.17) is 0 Å². The van der Waals surface area contributed by atoms with Crippen LogP contribution in [0.3, 0.4) is 0 Å². The highest BCUT2D eigenvalue weighted by Crippen LogP contribution is 2.32. The third-order valence-electron chi connectivity index (χ3n) is 4.13. The van der Waals surface area contributed by atoms with Crippen LogP contribution in [-0.2, 0) is 6.54 Å². The molecule has 5 nitrogen and oxygen atoms in total. The van der Waals surface area contributed by atoms with Crippen molar-refractivity contribution >= 4 is 21.6 Å². The molecule has 1 N–H and O–H groups in total. The molecular formula is C13H19BrN4O. The Kier molecular flexibility index (Phi) is 3.62. The molecule has 1 aromatic heterocycles. The molecule has 2 saturated heterocycles. The predicted molar refractivity (Wildman–Crippen MR) is 78.6 cm³/mol. The summed E-state index contributed by atoms with van der Waals surface area (Å²) in [6, 6.07) is 0. The normalized spacial score (nSPS) is 25.9. The maximum absolute atomic E-state index is 12.2. The lowest BCUT2D eigenvalue weighted by Gasteiger charge is -2.21. The van der Waals surface area contributed by atoms with Crippen LogP contribution in [0.2, 0.25) is 0 Å². The van der Waals surface area contributed by atoms with Crippen molar-refractivity contribution in [2.24, 2.45) is 11.8 Å². The molecule has 1 aromatic rings. The highest BCUT2D eigenvalue weighted by atomic mass is 79.9. The van der Waals surface area contributed by atoms with Crippen LogP contribution >= 0.6 is 15.9 Å². The van der Waals surface area contributed by atoms with Crippen LogP contribution in [0.15, 0.2) is 15.5 Å². The molecule has 3 heterocycles. The first-order valence-electron chi connectivity index (χ1n) is 6.92. The van der Waals surface area contributed by atoms with Crippen LogP contribution in [0.5, 0.6) is 0 Å². The third-order valence-corrected chi connectivity index (χ3v) is 4.88. The van der Waals surface area contributed by atoms with Crippen LogP contribution < -0.4 is 15.8 Å². The summed E-state index contributed by atoms with van der Waals surface area (Å²) in [6.07, 6.45) is 2.74. The number of rotatable bonds is 3. The van der Waals surface area contributed by atoms with Gasteiger partial charge in [-0.1, -0.05) is 6.92 Å². The van der Waals surface area contributed by atoms with Crippen molar-refractivity contribution in [3.05, 3.63) is 21.0 Å². The molecule has 0 aliphatic carbocycles. The zero-order valence-corrected chi connectivity index (χ0v) is 12.7. The maximum Gasteiger partial charge on any atom is 0.283 e. The average molecular weight is 327 g/mol. The molecule has 2 fully saturated rings. The van der Waals surface area contributed by atoms with Crippen molar-refractivity contribution in [2.45, 2.75) is 19.9 Å². The summed E-state index contributed by atoms with van der Waals surface area (Å²) >= 11 is 3.46. The standard InChI is InChI=1S/C13H19BrN4O/c1-2-3-18-13(19)12(14)11(6-16-18)17-7-9-4-15-5-10(9)8-17/h6,9-10,15H,2-5,7-8H2,1H3/t9-,10+. The first-order valence-corrected chi connectivity index (χ1v) is 7.71. The van der Waals surface area contributed by atoms with E-state index in [0.29, 0.717) is 22.9 Å². The van der Waals surface area contributed by atoms with Gasteiger partial charge in [0.05, 0.1) is 11.9 Å². The average Bonchev–Trinajstić information content (AvgIpc) is 2.96. The van der Waals surface area contributed by atoms with Gasteiger partial charge >= 0.3 is 0 Å². The van der Waals surface area contributed by atoms with Gasteiger partial charge < -0.3 is 10.2 Å². The van der Waals surface area contributed by atoms with Crippen LogP contribution in [0.4, 0.5) is 5.69 Å². The smallest absolute Gasteiger partial charge is 0.283 e. The van der Waals surface area contributed by atoms with Gasteiger partial charge in [0.1, 0.15) is 4.47 Å². The second-order valence-electron chi connectivity index (χ2n) is 5.46. The molecule has 2 aliphatic heterocycles. The van der Waals surface area contributed by atoms with E-state index in [-0.39, 0.29) is 5.56 Å². The van der Waals surface area contributed by atoms with E-state index < -0.39 is 0 Å². The number of halogens is 1. The molecule has 0 spiro atoms. The molecule has 0 unspecified atom stereocenters. The lowest BCUT2D eigenvalue weighted by Crippen LogP contribution is -2.30. The molecule has 0 amide bonds. The zero-order chi connectivity index (χ0) is 13.4. The summed E-state index contributed by atoms with van der Waals surface area (Å²) in [5, 5.41) is 7.71. The number of hydrogen-bond acceptors (Lipinski definition) is 4.